The number of hydrogen-bond donors (Lipinski definition) is 0. The van der Waals surface area contributed by atoms with Crippen molar-refractivity contribution in [3.63, 3.8) is 0 Å². The Kier molecular flexibility index (Phi) is 8.17. The predicted octanol–water partition coefficient (Wildman–Crippen LogP) is 16.8. The number of furan rings is 2. The predicted molar refractivity (Wildman–Crippen MR) is 255 cm³/mol. The molecule has 0 N–H and O–H groups in total. The number of nitrogens with zero attached hydrogens (tertiary/aromatic N) is 1. The molecule has 2 aromatic heterocycles. The molecule has 0 radical (unpaired) electrons. The van der Waals surface area contributed by atoms with Crippen LogP contribution in [0.15, 0.2) is 233 Å². The van der Waals surface area contributed by atoms with E-state index in [0.717, 1.165) is 88.8 Å². The van der Waals surface area contributed by atoms with Gasteiger partial charge in [-0.15, -0.1) is 0 Å². The van der Waals surface area contributed by atoms with E-state index < -0.39 is 0 Å². The molecule has 286 valence electrons. The first kappa shape index (κ1) is 34.9. The Balaban J connectivity index is 0.954. The van der Waals surface area contributed by atoms with E-state index in [0.29, 0.717) is 0 Å². The van der Waals surface area contributed by atoms with Crippen molar-refractivity contribution >= 4 is 71.7 Å². The molecule has 0 atom stereocenters. The van der Waals surface area contributed by atoms with Crippen LogP contribution >= 0.6 is 0 Å². The van der Waals surface area contributed by atoms with Gasteiger partial charge in [0.05, 0.1) is 0 Å². The minimum Gasteiger partial charge on any atom is -0.456 e. The maximum Gasteiger partial charge on any atom is 0.143 e. The molecule has 0 spiro atoms. The summed E-state index contributed by atoms with van der Waals surface area (Å²) in [6.45, 7) is 0. The van der Waals surface area contributed by atoms with Crippen LogP contribution in [0.4, 0.5) is 17.1 Å². The van der Waals surface area contributed by atoms with E-state index in [1.165, 1.54) is 27.5 Å². The van der Waals surface area contributed by atoms with Crippen LogP contribution in [0.3, 0.4) is 0 Å². The lowest BCUT2D eigenvalue weighted by molar-refractivity contribution is 0.669. The van der Waals surface area contributed by atoms with Crippen molar-refractivity contribution in [3.05, 3.63) is 224 Å². The highest BCUT2D eigenvalue weighted by Crippen LogP contribution is 2.42. The number of benzene rings is 10. The Morgan fingerprint density at radius 3 is 1.56 bits per heavy atom. The number of para-hydroxylation sites is 3. The highest BCUT2D eigenvalue weighted by atomic mass is 16.3. The fourth-order valence-electron chi connectivity index (χ4n) is 9.09. The largest absolute Gasteiger partial charge is 0.456 e. The van der Waals surface area contributed by atoms with Crippen molar-refractivity contribution in [2.75, 3.05) is 4.90 Å². The molecule has 0 aliphatic carbocycles. The number of hydrogen-bond acceptors (Lipinski definition) is 3. The van der Waals surface area contributed by atoms with Gasteiger partial charge >= 0.3 is 0 Å². The van der Waals surface area contributed by atoms with Gasteiger partial charge in [-0.1, -0.05) is 164 Å². The summed E-state index contributed by atoms with van der Waals surface area (Å²) in [7, 11) is 0. The van der Waals surface area contributed by atoms with Crippen molar-refractivity contribution < 1.29 is 8.83 Å². The van der Waals surface area contributed by atoms with Crippen molar-refractivity contribution in [1.29, 1.82) is 0 Å². The van der Waals surface area contributed by atoms with E-state index in [1.807, 2.05) is 24.3 Å². The van der Waals surface area contributed by atoms with Crippen molar-refractivity contribution in [1.82, 2.24) is 0 Å². The second-order valence-electron chi connectivity index (χ2n) is 15.7. The summed E-state index contributed by atoms with van der Waals surface area (Å²) in [5.41, 5.74) is 15.9. The first-order valence-electron chi connectivity index (χ1n) is 20.7. The molecule has 10 aromatic carbocycles. The Morgan fingerprint density at radius 2 is 0.770 bits per heavy atom. The van der Waals surface area contributed by atoms with Crippen molar-refractivity contribution in [2.24, 2.45) is 0 Å². The lowest BCUT2D eigenvalue weighted by Crippen LogP contribution is -2.10. The standard InChI is InChI=1S/C58H37NO2/c1-2-17-48-40(11-1)12-9-20-49(48)41-27-25-38(26-28-41)39-29-32-45(33-30-39)59(46-15-7-13-42(35-46)43-31-34-57-54(37-43)52-19-4-5-23-55(52)60-57)47-16-8-14-44(36-47)50-21-10-22-53-51-18-3-6-24-56(51)61-58(50)53/h1-37H. The monoisotopic (exact) mass is 779 g/mol. The van der Waals surface area contributed by atoms with E-state index in [-0.39, 0.29) is 0 Å². The molecule has 12 aromatic rings. The zero-order valence-corrected chi connectivity index (χ0v) is 33.1. The van der Waals surface area contributed by atoms with Gasteiger partial charge in [0.1, 0.15) is 22.3 Å². The highest BCUT2D eigenvalue weighted by molar-refractivity contribution is 6.10. The average Bonchev–Trinajstić information content (AvgIpc) is 3.90. The van der Waals surface area contributed by atoms with Crippen LogP contribution in [-0.4, -0.2) is 0 Å². The quantitative estimate of drug-likeness (QED) is 0.161. The molecule has 3 heteroatoms. The second kappa shape index (κ2) is 14.3. The van der Waals surface area contributed by atoms with Gasteiger partial charge in [-0.3, -0.25) is 0 Å². The normalized spacial score (nSPS) is 11.6. The smallest absolute Gasteiger partial charge is 0.143 e. The molecule has 0 aliphatic heterocycles. The maximum absolute atomic E-state index is 6.51. The van der Waals surface area contributed by atoms with Crippen LogP contribution in [0.25, 0.3) is 99.2 Å². The second-order valence-corrected chi connectivity index (χ2v) is 15.7. The van der Waals surface area contributed by atoms with E-state index >= 15 is 0 Å². The van der Waals surface area contributed by atoms with Gasteiger partial charge in [-0.05, 0) is 110 Å². The molecule has 0 aliphatic rings. The van der Waals surface area contributed by atoms with Gasteiger partial charge in [-0.25, -0.2) is 0 Å². The Bertz CT molecular complexity index is 3590. The topological polar surface area (TPSA) is 29.5 Å². The van der Waals surface area contributed by atoms with Gasteiger partial charge in [0.2, 0.25) is 0 Å². The minimum absolute atomic E-state index is 0.891. The summed E-state index contributed by atoms with van der Waals surface area (Å²) in [5, 5.41) is 6.99. The lowest BCUT2D eigenvalue weighted by Gasteiger charge is -2.27. The molecule has 0 saturated carbocycles. The van der Waals surface area contributed by atoms with Crippen molar-refractivity contribution in [2.45, 2.75) is 0 Å². The van der Waals surface area contributed by atoms with Crippen LogP contribution in [0.1, 0.15) is 0 Å². The number of fused-ring (bicyclic) bond motifs is 7. The van der Waals surface area contributed by atoms with Crippen LogP contribution in [-0.2, 0) is 0 Å². The lowest BCUT2D eigenvalue weighted by atomic mass is 9.96. The minimum atomic E-state index is 0.891. The van der Waals surface area contributed by atoms with Crippen LogP contribution in [0, 0.1) is 0 Å². The van der Waals surface area contributed by atoms with Crippen molar-refractivity contribution in [3.8, 4) is 44.5 Å². The van der Waals surface area contributed by atoms with Crippen LogP contribution in [0.5, 0.6) is 0 Å². The summed E-state index contributed by atoms with van der Waals surface area (Å²) >= 11 is 0. The van der Waals surface area contributed by atoms with Gasteiger partial charge in [0.15, 0.2) is 0 Å². The first-order chi connectivity index (χ1) is 30.2. The third-order valence-electron chi connectivity index (χ3n) is 12.1. The third-order valence-corrected chi connectivity index (χ3v) is 12.1. The Hall–Kier alpha value is -8.14. The molecule has 61 heavy (non-hydrogen) atoms. The number of rotatable bonds is 7. The summed E-state index contributed by atoms with van der Waals surface area (Å²) in [6.07, 6.45) is 0. The third kappa shape index (κ3) is 6.06. The van der Waals surface area contributed by atoms with E-state index in [4.69, 9.17) is 8.83 Å². The zero-order chi connectivity index (χ0) is 40.3. The Labute approximate surface area is 353 Å². The molecule has 0 bridgehead atoms. The van der Waals surface area contributed by atoms with E-state index in [1.54, 1.807) is 0 Å². The summed E-state index contributed by atoms with van der Waals surface area (Å²) < 4.78 is 12.7. The zero-order valence-electron chi connectivity index (χ0n) is 33.1. The molecule has 3 nitrogen and oxygen atoms in total. The van der Waals surface area contributed by atoms with Crippen LogP contribution < -0.4 is 4.90 Å². The average molecular weight is 780 g/mol. The van der Waals surface area contributed by atoms with Crippen LogP contribution in [0.2, 0.25) is 0 Å². The summed E-state index contributed by atoms with van der Waals surface area (Å²) in [6, 6.07) is 80.0. The van der Waals surface area contributed by atoms with E-state index in [2.05, 4.69) is 205 Å². The molecule has 12 rings (SSSR count). The molecule has 0 saturated heterocycles. The van der Waals surface area contributed by atoms with Gasteiger partial charge < -0.3 is 13.7 Å². The summed E-state index contributed by atoms with van der Waals surface area (Å²) in [5.74, 6) is 0. The van der Waals surface area contributed by atoms with Gasteiger partial charge in [0.25, 0.3) is 0 Å². The summed E-state index contributed by atoms with van der Waals surface area (Å²) in [4.78, 5) is 2.35. The molecule has 0 fully saturated rings. The maximum atomic E-state index is 6.51. The first-order valence-corrected chi connectivity index (χ1v) is 20.7. The fraction of sp³-hybridized carbons (Fsp3) is 0. The fourth-order valence-corrected chi connectivity index (χ4v) is 9.09. The number of anilines is 3. The highest BCUT2D eigenvalue weighted by Gasteiger charge is 2.18. The molecule has 0 amide bonds. The van der Waals surface area contributed by atoms with Gasteiger partial charge in [0, 0.05) is 44.2 Å². The molecule has 0 unspecified atom stereocenters. The van der Waals surface area contributed by atoms with E-state index in [9.17, 15) is 0 Å². The SMILES string of the molecule is c1cc(-c2ccc3oc4ccccc4c3c2)cc(N(c2ccc(-c3ccc(-c4cccc5ccccc45)cc3)cc2)c2cccc(-c3cccc4c3oc3ccccc34)c2)c1. The molecule has 2 heterocycles. The molecular weight excluding hydrogens is 743 g/mol. The molecular formula is C58H37NO2. The Morgan fingerprint density at radius 1 is 0.262 bits per heavy atom. The van der Waals surface area contributed by atoms with Gasteiger partial charge in [-0.2, -0.15) is 0 Å².